The van der Waals surface area contributed by atoms with Crippen LogP contribution in [0.3, 0.4) is 0 Å². The molecule has 1 fully saturated rings. The molecule has 0 radical (unpaired) electrons. The maximum absolute atomic E-state index is 12.0. The Labute approximate surface area is 114 Å². The summed E-state index contributed by atoms with van der Waals surface area (Å²) in [5.41, 5.74) is 5.45. The number of hydrogen-bond donors (Lipinski definition) is 1. The Morgan fingerprint density at radius 1 is 1.26 bits per heavy atom. The zero-order valence-electron chi connectivity index (χ0n) is 11.5. The van der Waals surface area contributed by atoms with E-state index in [1.54, 1.807) is 0 Å². The van der Waals surface area contributed by atoms with Crippen LogP contribution in [0.4, 0.5) is 0 Å². The van der Waals surface area contributed by atoms with Gasteiger partial charge in [0, 0.05) is 31.9 Å². The number of amides is 1. The van der Waals surface area contributed by atoms with Gasteiger partial charge in [0.2, 0.25) is 5.91 Å². The van der Waals surface area contributed by atoms with Crippen LogP contribution in [-0.2, 0) is 4.79 Å². The summed E-state index contributed by atoms with van der Waals surface area (Å²) in [6.45, 7) is 2.45. The van der Waals surface area contributed by atoms with Crippen LogP contribution < -0.4 is 5.73 Å². The number of carbonyl (C=O) groups excluding carboxylic acids is 1. The van der Waals surface area contributed by atoms with E-state index in [-0.39, 0.29) is 0 Å². The van der Waals surface area contributed by atoms with Crippen molar-refractivity contribution in [3.05, 3.63) is 18.5 Å². The van der Waals surface area contributed by atoms with E-state index in [4.69, 9.17) is 5.73 Å². The highest BCUT2D eigenvalue weighted by Gasteiger charge is 2.23. The zero-order valence-corrected chi connectivity index (χ0v) is 11.5. The number of carbonyl (C=O) groups is 1. The number of nitrogens with two attached hydrogens (primary N) is 1. The largest absolute Gasteiger partial charge is 0.343 e. The highest BCUT2D eigenvalue weighted by Crippen LogP contribution is 2.22. The summed E-state index contributed by atoms with van der Waals surface area (Å²) in [6, 6.07) is 2.41. The first-order valence-corrected chi connectivity index (χ1v) is 7.28. The lowest BCUT2D eigenvalue weighted by Crippen LogP contribution is -2.39. The standard InChI is InChI=1S/C14H24N4O/c15-8-3-1-2-5-14(19)17-11-6-13(7-12-17)18-10-4-9-16-18/h4,9-10,13H,1-3,5-8,11-12,15H2. The molecule has 0 unspecified atom stereocenters. The van der Waals surface area contributed by atoms with E-state index in [0.29, 0.717) is 18.4 Å². The Hall–Kier alpha value is -1.36. The summed E-state index contributed by atoms with van der Waals surface area (Å²) in [6.07, 6.45) is 9.57. The Kier molecular flexibility index (Phi) is 5.39. The molecule has 1 aromatic heterocycles. The van der Waals surface area contributed by atoms with Crippen molar-refractivity contribution in [2.75, 3.05) is 19.6 Å². The minimum atomic E-state index is 0.302. The van der Waals surface area contributed by atoms with Crippen molar-refractivity contribution in [3.8, 4) is 0 Å². The van der Waals surface area contributed by atoms with Gasteiger partial charge in [0.05, 0.1) is 6.04 Å². The third-order valence-corrected chi connectivity index (χ3v) is 3.81. The molecular formula is C14H24N4O. The van der Waals surface area contributed by atoms with E-state index >= 15 is 0 Å². The number of nitrogens with zero attached hydrogens (tertiary/aromatic N) is 3. The molecule has 1 amide bonds. The fourth-order valence-corrected chi connectivity index (χ4v) is 2.63. The first kappa shape index (κ1) is 14.1. The quantitative estimate of drug-likeness (QED) is 0.793. The van der Waals surface area contributed by atoms with Gasteiger partial charge in [-0.3, -0.25) is 9.48 Å². The summed E-state index contributed by atoms with van der Waals surface area (Å²) < 4.78 is 2.02. The van der Waals surface area contributed by atoms with Gasteiger partial charge in [0.15, 0.2) is 0 Å². The molecule has 0 aromatic carbocycles. The molecule has 2 N–H and O–H groups in total. The van der Waals surface area contributed by atoms with Crippen LogP contribution in [0.1, 0.15) is 44.6 Å². The number of aromatic nitrogens is 2. The van der Waals surface area contributed by atoms with Crippen molar-refractivity contribution in [3.63, 3.8) is 0 Å². The average Bonchev–Trinajstić information content (AvgIpc) is 2.98. The molecule has 1 aromatic rings. The SMILES string of the molecule is NCCCCCC(=O)N1CCC(n2cccn2)CC1. The fourth-order valence-electron chi connectivity index (χ4n) is 2.63. The Bertz CT molecular complexity index is 369. The monoisotopic (exact) mass is 264 g/mol. The first-order valence-electron chi connectivity index (χ1n) is 7.28. The second-order valence-electron chi connectivity index (χ2n) is 5.20. The maximum Gasteiger partial charge on any atom is 0.222 e. The van der Waals surface area contributed by atoms with Crippen LogP contribution in [0.15, 0.2) is 18.5 Å². The second kappa shape index (κ2) is 7.28. The summed E-state index contributed by atoms with van der Waals surface area (Å²) >= 11 is 0. The summed E-state index contributed by atoms with van der Waals surface area (Å²) in [5, 5.41) is 4.28. The van der Waals surface area contributed by atoms with Crippen LogP contribution >= 0.6 is 0 Å². The highest BCUT2D eigenvalue weighted by atomic mass is 16.2. The fraction of sp³-hybridized carbons (Fsp3) is 0.714. The van der Waals surface area contributed by atoms with E-state index in [2.05, 4.69) is 5.10 Å². The van der Waals surface area contributed by atoms with E-state index < -0.39 is 0 Å². The number of unbranched alkanes of at least 4 members (excludes halogenated alkanes) is 2. The molecule has 0 aliphatic carbocycles. The van der Waals surface area contributed by atoms with Gasteiger partial charge in [-0.2, -0.15) is 5.10 Å². The molecule has 5 nitrogen and oxygen atoms in total. The van der Waals surface area contributed by atoms with Gasteiger partial charge in [-0.25, -0.2) is 0 Å². The number of piperidine rings is 1. The summed E-state index contributed by atoms with van der Waals surface area (Å²) in [7, 11) is 0. The molecule has 2 rings (SSSR count). The summed E-state index contributed by atoms with van der Waals surface area (Å²) in [4.78, 5) is 14.0. The molecule has 0 atom stereocenters. The van der Waals surface area contributed by atoms with Crippen LogP contribution in [0.2, 0.25) is 0 Å². The Morgan fingerprint density at radius 3 is 2.68 bits per heavy atom. The minimum Gasteiger partial charge on any atom is -0.343 e. The van der Waals surface area contributed by atoms with Crippen molar-refractivity contribution >= 4 is 5.91 Å². The van der Waals surface area contributed by atoms with E-state index in [9.17, 15) is 4.79 Å². The molecule has 1 aliphatic rings. The lowest BCUT2D eigenvalue weighted by molar-refractivity contribution is -0.132. The normalized spacial score (nSPS) is 16.8. The van der Waals surface area contributed by atoms with Crippen molar-refractivity contribution < 1.29 is 4.79 Å². The molecule has 0 spiro atoms. The molecular weight excluding hydrogens is 240 g/mol. The molecule has 106 valence electrons. The van der Waals surface area contributed by atoms with Gasteiger partial charge in [-0.1, -0.05) is 6.42 Å². The first-order chi connectivity index (χ1) is 9.31. The zero-order chi connectivity index (χ0) is 13.5. The van der Waals surface area contributed by atoms with Gasteiger partial charge in [-0.15, -0.1) is 0 Å². The van der Waals surface area contributed by atoms with Gasteiger partial charge in [-0.05, 0) is 38.3 Å². The van der Waals surface area contributed by atoms with Gasteiger partial charge in [0.1, 0.15) is 0 Å². The van der Waals surface area contributed by atoms with E-state index in [1.165, 1.54) is 0 Å². The molecule has 0 saturated carbocycles. The number of likely N-dealkylation sites (tertiary alicyclic amines) is 1. The highest BCUT2D eigenvalue weighted by molar-refractivity contribution is 5.76. The Balaban J connectivity index is 1.69. The maximum atomic E-state index is 12.0. The number of rotatable bonds is 6. The van der Waals surface area contributed by atoms with Crippen LogP contribution in [-0.4, -0.2) is 40.2 Å². The molecule has 19 heavy (non-hydrogen) atoms. The smallest absolute Gasteiger partial charge is 0.222 e. The minimum absolute atomic E-state index is 0.302. The van der Waals surface area contributed by atoms with Crippen LogP contribution in [0.5, 0.6) is 0 Å². The molecule has 0 bridgehead atoms. The van der Waals surface area contributed by atoms with Crippen molar-refractivity contribution in [1.29, 1.82) is 0 Å². The predicted octanol–water partition coefficient (Wildman–Crippen LogP) is 1.57. The van der Waals surface area contributed by atoms with Crippen LogP contribution in [0, 0.1) is 0 Å². The predicted molar refractivity (Wildman–Crippen MR) is 74.6 cm³/mol. The molecule has 1 saturated heterocycles. The van der Waals surface area contributed by atoms with E-state index in [1.807, 2.05) is 28.0 Å². The van der Waals surface area contributed by atoms with Gasteiger partial charge < -0.3 is 10.6 Å². The lowest BCUT2D eigenvalue weighted by atomic mass is 10.0. The summed E-state index contributed by atoms with van der Waals surface area (Å²) in [5.74, 6) is 0.302. The number of hydrogen-bond acceptors (Lipinski definition) is 3. The average molecular weight is 264 g/mol. The topological polar surface area (TPSA) is 64.2 Å². The van der Waals surface area contributed by atoms with Crippen molar-refractivity contribution in [1.82, 2.24) is 14.7 Å². The molecule has 1 aliphatic heterocycles. The Morgan fingerprint density at radius 2 is 2.05 bits per heavy atom. The third kappa shape index (κ3) is 4.06. The van der Waals surface area contributed by atoms with Crippen molar-refractivity contribution in [2.45, 2.75) is 44.6 Å². The van der Waals surface area contributed by atoms with Gasteiger partial charge in [0.25, 0.3) is 0 Å². The third-order valence-electron chi connectivity index (χ3n) is 3.81. The molecule has 2 heterocycles. The second-order valence-corrected chi connectivity index (χ2v) is 5.20. The molecule has 5 heteroatoms. The van der Waals surface area contributed by atoms with E-state index in [0.717, 1.165) is 51.7 Å². The van der Waals surface area contributed by atoms with Crippen LogP contribution in [0.25, 0.3) is 0 Å². The van der Waals surface area contributed by atoms with Gasteiger partial charge >= 0.3 is 0 Å². The lowest BCUT2D eigenvalue weighted by Gasteiger charge is -2.32. The van der Waals surface area contributed by atoms with Crippen molar-refractivity contribution in [2.24, 2.45) is 5.73 Å².